The van der Waals surface area contributed by atoms with Gasteiger partial charge in [0.2, 0.25) is 0 Å². The molecule has 1 aliphatic heterocycles. The molecular formula is C22H27N5O2. The predicted molar refractivity (Wildman–Crippen MR) is 114 cm³/mol. The monoisotopic (exact) mass is 393 g/mol. The highest BCUT2D eigenvalue weighted by Crippen LogP contribution is 2.17. The largest absolute Gasteiger partial charge is 0.356 e. The van der Waals surface area contributed by atoms with Crippen molar-refractivity contribution in [2.45, 2.75) is 20.0 Å². The fourth-order valence-electron chi connectivity index (χ4n) is 3.62. The van der Waals surface area contributed by atoms with Crippen molar-refractivity contribution in [3.63, 3.8) is 0 Å². The standard InChI is InChI=1S/C22H27N5O2/c1-2-26-11-13-27(14-12-26)16-17-7-9-18(10-8-17)24-22(28)23-15-20-19-5-3-4-6-21(19)29-25-20/h3-10H,2,11-16H2,1H3,(H2,23,24,28). The molecule has 0 unspecified atom stereocenters. The summed E-state index contributed by atoms with van der Waals surface area (Å²) in [5.74, 6) is 0. The number of hydrogen-bond acceptors (Lipinski definition) is 5. The van der Waals surface area contributed by atoms with Gasteiger partial charge < -0.3 is 20.1 Å². The molecule has 3 aromatic rings. The molecule has 1 saturated heterocycles. The van der Waals surface area contributed by atoms with Gasteiger partial charge in [0.1, 0.15) is 5.69 Å². The normalized spacial score (nSPS) is 15.5. The molecule has 2 N–H and O–H groups in total. The lowest BCUT2D eigenvalue weighted by atomic mass is 10.2. The van der Waals surface area contributed by atoms with Gasteiger partial charge in [-0.15, -0.1) is 0 Å². The van der Waals surface area contributed by atoms with Crippen LogP contribution in [0.4, 0.5) is 10.5 Å². The molecule has 0 bridgehead atoms. The molecule has 1 aliphatic rings. The molecule has 0 spiro atoms. The Morgan fingerprint density at radius 2 is 1.76 bits per heavy atom. The lowest BCUT2D eigenvalue weighted by molar-refractivity contribution is 0.132. The number of para-hydroxylation sites is 1. The first-order valence-corrected chi connectivity index (χ1v) is 10.1. The zero-order valence-corrected chi connectivity index (χ0v) is 16.7. The van der Waals surface area contributed by atoms with Crippen LogP contribution < -0.4 is 10.6 Å². The van der Waals surface area contributed by atoms with Gasteiger partial charge in [-0.25, -0.2) is 4.79 Å². The van der Waals surface area contributed by atoms with Gasteiger partial charge in [0.15, 0.2) is 5.58 Å². The summed E-state index contributed by atoms with van der Waals surface area (Å²) in [6, 6.07) is 15.4. The molecular weight excluding hydrogens is 366 g/mol. The van der Waals surface area contributed by atoms with Crippen LogP contribution in [0.25, 0.3) is 11.0 Å². The summed E-state index contributed by atoms with van der Waals surface area (Å²) in [6.07, 6.45) is 0. The lowest BCUT2D eigenvalue weighted by Gasteiger charge is -2.34. The molecule has 0 aliphatic carbocycles. The van der Waals surface area contributed by atoms with Crippen LogP contribution in [-0.2, 0) is 13.1 Å². The van der Waals surface area contributed by atoms with Crippen LogP contribution in [-0.4, -0.2) is 53.7 Å². The summed E-state index contributed by atoms with van der Waals surface area (Å²) in [6.45, 7) is 9.08. The quantitative estimate of drug-likeness (QED) is 0.672. The van der Waals surface area contributed by atoms with Crippen molar-refractivity contribution >= 4 is 22.7 Å². The fraction of sp³-hybridized carbons (Fsp3) is 0.364. The molecule has 152 valence electrons. The minimum Gasteiger partial charge on any atom is -0.356 e. The number of nitrogens with zero attached hydrogens (tertiary/aromatic N) is 3. The second-order valence-electron chi connectivity index (χ2n) is 7.34. The molecule has 0 atom stereocenters. The Morgan fingerprint density at radius 3 is 2.52 bits per heavy atom. The molecule has 7 heteroatoms. The summed E-state index contributed by atoms with van der Waals surface area (Å²) < 4.78 is 5.26. The van der Waals surface area contributed by atoms with Crippen molar-refractivity contribution in [3.05, 3.63) is 59.8 Å². The number of carbonyl (C=O) groups is 1. The highest BCUT2D eigenvalue weighted by atomic mass is 16.5. The molecule has 0 radical (unpaired) electrons. The highest BCUT2D eigenvalue weighted by molar-refractivity contribution is 5.89. The van der Waals surface area contributed by atoms with E-state index in [0.717, 1.165) is 55.9 Å². The second kappa shape index (κ2) is 9.07. The van der Waals surface area contributed by atoms with Gasteiger partial charge in [0.25, 0.3) is 0 Å². The average molecular weight is 393 g/mol. The van der Waals surface area contributed by atoms with E-state index in [1.54, 1.807) is 0 Å². The van der Waals surface area contributed by atoms with Gasteiger partial charge >= 0.3 is 6.03 Å². The Balaban J connectivity index is 1.25. The number of fused-ring (bicyclic) bond motifs is 1. The van der Waals surface area contributed by atoms with Crippen molar-refractivity contribution in [1.82, 2.24) is 20.3 Å². The second-order valence-corrected chi connectivity index (χ2v) is 7.34. The number of benzene rings is 2. The van der Waals surface area contributed by atoms with Crippen LogP contribution in [0.15, 0.2) is 53.1 Å². The number of piperazine rings is 1. The SMILES string of the molecule is CCN1CCN(Cc2ccc(NC(=O)NCc3noc4ccccc34)cc2)CC1. The summed E-state index contributed by atoms with van der Waals surface area (Å²) >= 11 is 0. The van der Waals surface area contributed by atoms with E-state index in [4.69, 9.17) is 4.52 Å². The number of aromatic nitrogens is 1. The number of hydrogen-bond donors (Lipinski definition) is 2. The first-order valence-electron chi connectivity index (χ1n) is 10.1. The van der Waals surface area contributed by atoms with Gasteiger partial charge in [-0.2, -0.15) is 0 Å². The van der Waals surface area contributed by atoms with E-state index >= 15 is 0 Å². The molecule has 2 amide bonds. The zero-order valence-electron chi connectivity index (χ0n) is 16.7. The van der Waals surface area contributed by atoms with Crippen LogP contribution in [0, 0.1) is 0 Å². The third-order valence-corrected chi connectivity index (χ3v) is 5.40. The molecule has 2 aromatic carbocycles. The van der Waals surface area contributed by atoms with Crippen molar-refractivity contribution in [3.8, 4) is 0 Å². The average Bonchev–Trinajstić information content (AvgIpc) is 3.17. The minimum absolute atomic E-state index is 0.263. The van der Waals surface area contributed by atoms with E-state index in [1.807, 2.05) is 36.4 Å². The van der Waals surface area contributed by atoms with Crippen LogP contribution in [0.2, 0.25) is 0 Å². The van der Waals surface area contributed by atoms with Gasteiger partial charge in [0, 0.05) is 43.8 Å². The van der Waals surface area contributed by atoms with Crippen LogP contribution in [0.3, 0.4) is 0 Å². The Kier molecular flexibility index (Phi) is 6.07. The number of amides is 2. The first kappa shape index (κ1) is 19.4. The topological polar surface area (TPSA) is 73.6 Å². The van der Waals surface area contributed by atoms with Crippen molar-refractivity contribution in [2.75, 3.05) is 38.0 Å². The number of carbonyl (C=O) groups excluding carboxylic acids is 1. The summed E-state index contributed by atoms with van der Waals surface area (Å²) in [7, 11) is 0. The van der Waals surface area contributed by atoms with Crippen molar-refractivity contribution in [1.29, 1.82) is 0 Å². The Bertz CT molecular complexity index is 945. The highest BCUT2D eigenvalue weighted by Gasteiger charge is 2.15. The smallest absolute Gasteiger partial charge is 0.319 e. The number of rotatable bonds is 6. The molecule has 7 nitrogen and oxygen atoms in total. The van der Waals surface area contributed by atoms with Crippen molar-refractivity contribution < 1.29 is 9.32 Å². The summed E-state index contributed by atoms with van der Waals surface area (Å²) in [5.41, 5.74) is 3.47. The van der Waals surface area contributed by atoms with E-state index in [1.165, 1.54) is 5.56 Å². The molecule has 0 saturated carbocycles. The summed E-state index contributed by atoms with van der Waals surface area (Å²) in [4.78, 5) is 17.2. The van der Waals surface area contributed by atoms with Crippen LogP contribution in [0.1, 0.15) is 18.2 Å². The molecule has 1 fully saturated rings. The summed E-state index contributed by atoms with van der Waals surface area (Å²) in [5, 5.41) is 10.6. The Morgan fingerprint density at radius 1 is 1.03 bits per heavy atom. The maximum atomic E-state index is 12.2. The third kappa shape index (κ3) is 4.93. The fourth-order valence-corrected chi connectivity index (χ4v) is 3.62. The van der Waals surface area contributed by atoms with E-state index in [2.05, 4.69) is 44.6 Å². The van der Waals surface area contributed by atoms with E-state index in [0.29, 0.717) is 12.2 Å². The Hall–Kier alpha value is -2.90. The number of anilines is 1. The van der Waals surface area contributed by atoms with Crippen molar-refractivity contribution in [2.24, 2.45) is 0 Å². The van der Waals surface area contributed by atoms with Gasteiger partial charge in [-0.3, -0.25) is 4.90 Å². The maximum Gasteiger partial charge on any atom is 0.319 e. The van der Waals surface area contributed by atoms with Crippen LogP contribution in [0.5, 0.6) is 0 Å². The predicted octanol–water partition coefficient (Wildman–Crippen LogP) is 3.29. The van der Waals surface area contributed by atoms with E-state index < -0.39 is 0 Å². The molecule has 4 rings (SSSR count). The van der Waals surface area contributed by atoms with E-state index in [-0.39, 0.29) is 6.03 Å². The third-order valence-electron chi connectivity index (χ3n) is 5.40. The molecule has 1 aromatic heterocycles. The zero-order chi connectivity index (χ0) is 20.1. The minimum atomic E-state index is -0.263. The maximum absolute atomic E-state index is 12.2. The number of nitrogens with one attached hydrogen (secondary N) is 2. The number of urea groups is 1. The van der Waals surface area contributed by atoms with Gasteiger partial charge in [-0.1, -0.05) is 36.3 Å². The first-order chi connectivity index (χ1) is 14.2. The van der Waals surface area contributed by atoms with Crippen LogP contribution >= 0.6 is 0 Å². The van der Waals surface area contributed by atoms with E-state index in [9.17, 15) is 4.79 Å². The van der Waals surface area contributed by atoms with Gasteiger partial charge in [-0.05, 0) is 36.4 Å². The molecule has 2 heterocycles. The molecule has 29 heavy (non-hydrogen) atoms. The lowest BCUT2D eigenvalue weighted by Crippen LogP contribution is -2.45. The number of likely N-dealkylation sites (N-methyl/N-ethyl adjacent to an activating group) is 1. The van der Waals surface area contributed by atoms with Gasteiger partial charge in [0.05, 0.1) is 6.54 Å². The Labute approximate surface area is 170 Å².